The van der Waals surface area contributed by atoms with E-state index in [0.29, 0.717) is 0 Å². The molecule has 102 valence electrons. The van der Waals surface area contributed by atoms with Crippen LogP contribution >= 0.6 is 11.3 Å². The molecule has 0 bridgehead atoms. The van der Waals surface area contributed by atoms with E-state index in [2.05, 4.69) is 24.5 Å². The van der Waals surface area contributed by atoms with Crippen molar-refractivity contribution in [1.82, 2.24) is 5.43 Å². The van der Waals surface area contributed by atoms with Gasteiger partial charge in [0.25, 0.3) is 0 Å². The molecule has 1 aromatic carbocycles. The summed E-state index contributed by atoms with van der Waals surface area (Å²) >= 11 is 1.79. The van der Waals surface area contributed by atoms with E-state index in [4.69, 9.17) is 5.84 Å². The van der Waals surface area contributed by atoms with Gasteiger partial charge in [0, 0.05) is 16.2 Å². The average Bonchev–Trinajstić information content (AvgIpc) is 2.82. The van der Waals surface area contributed by atoms with Crippen molar-refractivity contribution in [3.05, 3.63) is 57.0 Å². The summed E-state index contributed by atoms with van der Waals surface area (Å²) < 4.78 is 13.5. The number of aryl methyl sites for hydroxylation is 2. The average molecular weight is 278 g/mol. The van der Waals surface area contributed by atoms with Crippen LogP contribution in [0.5, 0.6) is 0 Å². The Hall–Kier alpha value is -1.23. The van der Waals surface area contributed by atoms with Gasteiger partial charge >= 0.3 is 0 Å². The summed E-state index contributed by atoms with van der Waals surface area (Å²) in [5.74, 6) is 5.41. The second-order valence-electron chi connectivity index (χ2n) is 4.71. The summed E-state index contributed by atoms with van der Waals surface area (Å²) in [4.78, 5) is 2.63. The Kier molecular flexibility index (Phi) is 4.69. The van der Waals surface area contributed by atoms with Crippen molar-refractivity contribution in [1.29, 1.82) is 0 Å². The van der Waals surface area contributed by atoms with Gasteiger partial charge in [0.2, 0.25) is 0 Å². The third kappa shape index (κ3) is 3.62. The highest BCUT2D eigenvalue weighted by Crippen LogP contribution is 2.25. The number of nitrogens with one attached hydrogen (secondary N) is 1. The van der Waals surface area contributed by atoms with Gasteiger partial charge in [0.1, 0.15) is 5.82 Å². The lowest BCUT2D eigenvalue weighted by Gasteiger charge is -2.16. The molecule has 0 amide bonds. The van der Waals surface area contributed by atoms with Crippen molar-refractivity contribution in [2.75, 3.05) is 0 Å². The molecule has 3 N–H and O–H groups in total. The van der Waals surface area contributed by atoms with Gasteiger partial charge in [-0.2, -0.15) is 0 Å². The van der Waals surface area contributed by atoms with E-state index in [1.165, 1.54) is 15.8 Å². The Morgan fingerprint density at radius 1 is 1.26 bits per heavy atom. The zero-order valence-corrected chi connectivity index (χ0v) is 12.1. The van der Waals surface area contributed by atoms with E-state index in [1.807, 2.05) is 13.0 Å². The minimum absolute atomic E-state index is 0.0576. The molecule has 2 nitrogen and oxygen atoms in total. The zero-order chi connectivity index (χ0) is 13.8. The summed E-state index contributed by atoms with van der Waals surface area (Å²) in [6.07, 6.45) is 1.83. The second kappa shape index (κ2) is 6.28. The number of nitrogens with two attached hydrogens (primary N) is 1. The van der Waals surface area contributed by atoms with Crippen LogP contribution in [0.25, 0.3) is 0 Å². The lowest BCUT2D eigenvalue weighted by molar-refractivity contribution is 0.547. The van der Waals surface area contributed by atoms with Gasteiger partial charge in [-0.3, -0.25) is 11.3 Å². The minimum atomic E-state index is -0.212. The fourth-order valence-electron chi connectivity index (χ4n) is 2.16. The van der Waals surface area contributed by atoms with Crippen molar-refractivity contribution in [2.24, 2.45) is 5.84 Å². The van der Waals surface area contributed by atoms with Gasteiger partial charge in [0.05, 0.1) is 6.04 Å². The summed E-state index contributed by atoms with van der Waals surface area (Å²) in [5.41, 5.74) is 4.60. The van der Waals surface area contributed by atoms with Gasteiger partial charge in [0.15, 0.2) is 0 Å². The largest absolute Gasteiger partial charge is 0.271 e. The molecule has 19 heavy (non-hydrogen) atoms. The highest BCUT2D eigenvalue weighted by atomic mass is 32.1. The quantitative estimate of drug-likeness (QED) is 0.649. The molecule has 2 rings (SSSR count). The molecule has 0 radical (unpaired) electrons. The van der Waals surface area contributed by atoms with E-state index in [0.717, 1.165) is 24.0 Å². The molecule has 0 fully saturated rings. The highest BCUT2D eigenvalue weighted by Gasteiger charge is 2.13. The first-order valence-electron chi connectivity index (χ1n) is 6.43. The normalized spacial score (nSPS) is 12.6. The maximum absolute atomic E-state index is 13.5. The third-order valence-electron chi connectivity index (χ3n) is 3.14. The van der Waals surface area contributed by atoms with Crippen molar-refractivity contribution in [3.8, 4) is 0 Å². The SMILES string of the molecule is CCc1ccc(CC(NN)c2cc(C)cc(F)c2)s1. The number of rotatable bonds is 5. The number of hydrazine groups is 1. The second-order valence-corrected chi connectivity index (χ2v) is 5.96. The molecule has 0 aliphatic heterocycles. The summed E-state index contributed by atoms with van der Waals surface area (Å²) in [6.45, 7) is 4.03. The van der Waals surface area contributed by atoms with Gasteiger partial charge in [-0.05, 0) is 48.7 Å². The maximum Gasteiger partial charge on any atom is 0.123 e. The lowest BCUT2D eigenvalue weighted by atomic mass is 10.0. The minimum Gasteiger partial charge on any atom is -0.271 e. The third-order valence-corrected chi connectivity index (χ3v) is 4.39. The molecule has 1 heterocycles. The van der Waals surface area contributed by atoms with E-state index < -0.39 is 0 Å². The summed E-state index contributed by atoms with van der Waals surface area (Å²) in [6, 6.07) is 9.26. The molecule has 0 aliphatic carbocycles. The van der Waals surface area contributed by atoms with Crippen molar-refractivity contribution in [2.45, 2.75) is 32.7 Å². The van der Waals surface area contributed by atoms with Crippen molar-refractivity contribution < 1.29 is 4.39 Å². The Labute approximate surface area is 117 Å². The number of hydrogen-bond donors (Lipinski definition) is 2. The standard InChI is InChI=1S/C15H19FN2S/c1-3-13-4-5-14(19-13)9-15(18-17)11-6-10(2)7-12(16)8-11/h4-8,15,18H,3,9,17H2,1-2H3. The molecule has 1 unspecified atom stereocenters. The first kappa shape index (κ1) is 14.2. The van der Waals surface area contributed by atoms with Crippen LogP contribution in [-0.4, -0.2) is 0 Å². The molecule has 0 aliphatic rings. The van der Waals surface area contributed by atoms with Crippen molar-refractivity contribution >= 4 is 11.3 Å². The molecule has 0 saturated carbocycles. The van der Waals surface area contributed by atoms with Crippen LogP contribution in [0.15, 0.2) is 30.3 Å². The lowest BCUT2D eigenvalue weighted by Crippen LogP contribution is -2.29. The van der Waals surface area contributed by atoms with E-state index >= 15 is 0 Å². The van der Waals surface area contributed by atoms with Crippen LogP contribution in [0.2, 0.25) is 0 Å². The smallest absolute Gasteiger partial charge is 0.123 e. The van der Waals surface area contributed by atoms with Crippen LogP contribution in [0.4, 0.5) is 4.39 Å². The molecular weight excluding hydrogens is 259 g/mol. The van der Waals surface area contributed by atoms with Gasteiger partial charge < -0.3 is 0 Å². The maximum atomic E-state index is 13.5. The molecule has 4 heteroatoms. The van der Waals surface area contributed by atoms with Gasteiger partial charge in [-0.25, -0.2) is 4.39 Å². The van der Waals surface area contributed by atoms with Gasteiger partial charge in [-0.1, -0.05) is 13.0 Å². The molecule has 1 aromatic heterocycles. The fourth-order valence-corrected chi connectivity index (χ4v) is 3.17. The van der Waals surface area contributed by atoms with Gasteiger partial charge in [-0.15, -0.1) is 11.3 Å². The molecule has 0 spiro atoms. The van der Waals surface area contributed by atoms with Crippen LogP contribution in [0, 0.1) is 12.7 Å². The first-order valence-corrected chi connectivity index (χ1v) is 7.24. The monoisotopic (exact) mass is 278 g/mol. The number of halogens is 1. The van der Waals surface area contributed by atoms with E-state index in [9.17, 15) is 4.39 Å². The predicted molar refractivity (Wildman–Crippen MR) is 78.6 cm³/mol. The molecule has 2 aromatic rings. The zero-order valence-electron chi connectivity index (χ0n) is 11.2. The van der Waals surface area contributed by atoms with Crippen molar-refractivity contribution in [3.63, 3.8) is 0 Å². The number of hydrogen-bond acceptors (Lipinski definition) is 3. The first-order chi connectivity index (χ1) is 9.12. The number of benzene rings is 1. The molecule has 0 saturated heterocycles. The van der Waals surface area contributed by atoms with Crippen LogP contribution in [0.3, 0.4) is 0 Å². The highest BCUT2D eigenvalue weighted by molar-refractivity contribution is 7.11. The fraction of sp³-hybridized carbons (Fsp3) is 0.333. The van der Waals surface area contributed by atoms with E-state index in [1.54, 1.807) is 17.4 Å². The summed E-state index contributed by atoms with van der Waals surface area (Å²) in [7, 11) is 0. The van der Waals surface area contributed by atoms with E-state index in [-0.39, 0.29) is 11.9 Å². The predicted octanol–water partition coefficient (Wildman–Crippen LogP) is 3.51. The Morgan fingerprint density at radius 2 is 2.00 bits per heavy atom. The van der Waals surface area contributed by atoms with Crippen LogP contribution in [0.1, 0.15) is 33.8 Å². The Balaban J connectivity index is 2.19. The van der Waals surface area contributed by atoms with Crippen LogP contribution in [-0.2, 0) is 12.8 Å². The topological polar surface area (TPSA) is 38.0 Å². The number of thiophene rings is 1. The summed E-state index contributed by atoms with van der Waals surface area (Å²) in [5, 5.41) is 0. The Morgan fingerprint density at radius 3 is 2.58 bits per heavy atom. The Bertz CT molecular complexity index is 531. The van der Waals surface area contributed by atoms with Crippen LogP contribution < -0.4 is 11.3 Å². The molecule has 1 atom stereocenters. The molecular formula is C15H19FN2S.